The van der Waals surface area contributed by atoms with Gasteiger partial charge < -0.3 is 14.2 Å². The first kappa shape index (κ1) is 18.1. The first-order valence-corrected chi connectivity index (χ1v) is 8.40. The number of nitrogens with one attached hydrogen (secondary N) is 1. The molecule has 1 saturated heterocycles. The SMILES string of the molecule is CO[C@H]1CN(C(=O)Cn2cc(C)c(=O)[nH]c2=O)C[C@H]1Cc1cc(C)no1. The molecule has 140 valence electrons. The molecule has 0 saturated carbocycles. The Bertz CT molecular complexity index is 912. The highest BCUT2D eigenvalue weighted by molar-refractivity contribution is 5.76. The number of aromatic amines is 1. The number of aromatic nitrogens is 3. The molecule has 2 atom stereocenters. The first-order valence-electron chi connectivity index (χ1n) is 8.40. The number of hydrogen-bond donors (Lipinski definition) is 1. The van der Waals surface area contributed by atoms with E-state index in [0.717, 1.165) is 11.5 Å². The second-order valence-corrected chi connectivity index (χ2v) is 6.67. The van der Waals surface area contributed by atoms with Gasteiger partial charge in [-0.1, -0.05) is 5.16 Å². The van der Waals surface area contributed by atoms with Crippen LogP contribution in [-0.4, -0.2) is 51.8 Å². The third kappa shape index (κ3) is 3.77. The first-order chi connectivity index (χ1) is 12.4. The lowest BCUT2D eigenvalue weighted by molar-refractivity contribution is -0.131. The van der Waals surface area contributed by atoms with Crippen LogP contribution < -0.4 is 11.2 Å². The van der Waals surface area contributed by atoms with Crippen molar-refractivity contribution in [3.8, 4) is 0 Å². The van der Waals surface area contributed by atoms with E-state index in [4.69, 9.17) is 9.26 Å². The summed E-state index contributed by atoms with van der Waals surface area (Å²) in [5, 5.41) is 3.88. The summed E-state index contributed by atoms with van der Waals surface area (Å²) in [5.74, 6) is 0.651. The quantitative estimate of drug-likeness (QED) is 0.792. The molecule has 0 radical (unpaired) electrons. The summed E-state index contributed by atoms with van der Waals surface area (Å²) in [7, 11) is 1.62. The minimum Gasteiger partial charge on any atom is -0.379 e. The number of amides is 1. The second kappa shape index (κ2) is 7.28. The van der Waals surface area contributed by atoms with Crippen LogP contribution in [0, 0.1) is 19.8 Å². The van der Waals surface area contributed by atoms with Crippen LogP contribution in [0.15, 0.2) is 26.4 Å². The van der Waals surface area contributed by atoms with E-state index in [1.807, 2.05) is 13.0 Å². The molecular weight excluding hydrogens is 340 g/mol. The third-order valence-electron chi connectivity index (χ3n) is 4.67. The largest absolute Gasteiger partial charge is 0.379 e. The molecule has 0 aliphatic carbocycles. The van der Waals surface area contributed by atoms with E-state index >= 15 is 0 Å². The van der Waals surface area contributed by atoms with Gasteiger partial charge in [0.05, 0.1) is 11.8 Å². The van der Waals surface area contributed by atoms with E-state index in [0.29, 0.717) is 25.1 Å². The standard InChI is InChI=1S/C17H22N4O5/c1-10-6-21(17(24)18-16(10)23)9-15(22)20-7-12(14(8-20)25-3)5-13-4-11(2)19-26-13/h4,6,12,14H,5,7-9H2,1-3H3,(H,18,23,24)/t12-,14+/m1/s1. The van der Waals surface area contributed by atoms with Gasteiger partial charge in [-0.15, -0.1) is 0 Å². The number of methoxy groups -OCH3 is 1. The van der Waals surface area contributed by atoms with Gasteiger partial charge in [-0.25, -0.2) is 4.79 Å². The Balaban J connectivity index is 1.69. The molecule has 3 rings (SSSR count). The van der Waals surface area contributed by atoms with Crippen LogP contribution in [0.5, 0.6) is 0 Å². The molecule has 0 spiro atoms. The molecule has 9 nitrogen and oxygen atoms in total. The van der Waals surface area contributed by atoms with Crippen molar-refractivity contribution in [3.05, 3.63) is 50.1 Å². The van der Waals surface area contributed by atoms with Crippen molar-refractivity contribution >= 4 is 5.91 Å². The molecule has 26 heavy (non-hydrogen) atoms. The van der Waals surface area contributed by atoms with Gasteiger partial charge in [-0.3, -0.25) is 19.1 Å². The number of hydrogen-bond acceptors (Lipinski definition) is 6. The molecule has 3 heterocycles. The highest BCUT2D eigenvalue weighted by atomic mass is 16.5. The molecule has 1 amide bonds. The lowest BCUT2D eigenvalue weighted by Gasteiger charge is -2.16. The Morgan fingerprint density at radius 3 is 2.81 bits per heavy atom. The van der Waals surface area contributed by atoms with Crippen LogP contribution in [0.25, 0.3) is 0 Å². The van der Waals surface area contributed by atoms with Crippen molar-refractivity contribution < 1.29 is 14.1 Å². The Morgan fingerprint density at radius 2 is 2.15 bits per heavy atom. The summed E-state index contributed by atoms with van der Waals surface area (Å²) in [6.45, 7) is 4.28. The zero-order valence-corrected chi connectivity index (χ0v) is 15.0. The lowest BCUT2D eigenvalue weighted by atomic mass is 10.0. The van der Waals surface area contributed by atoms with Crippen molar-refractivity contribution in [1.29, 1.82) is 0 Å². The molecule has 1 N–H and O–H groups in total. The Morgan fingerprint density at radius 1 is 1.38 bits per heavy atom. The lowest BCUT2D eigenvalue weighted by Crippen LogP contribution is -2.38. The minimum absolute atomic E-state index is 0.0883. The summed E-state index contributed by atoms with van der Waals surface area (Å²) in [6, 6.07) is 1.87. The van der Waals surface area contributed by atoms with Gasteiger partial charge in [0.15, 0.2) is 0 Å². The van der Waals surface area contributed by atoms with Gasteiger partial charge in [0.2, 0.25) is 5.91 Å². The summed E-state index contributed by atoms with van der Waals surface area (Å²) >= 11 is 0. The predicted molar refractivity (Wildman–Crippen MR) is 91.9 cm³/mol. The predicted octanol–water partition coefficient (Wildman–Crippen LogP) is -0.142. The van der Waals surface area contributed by atoms with Crippen molar-refractivity contribution in [2.75, 3.05) is 20.2 Å². The number of aryl methyl sites for hydroxylation is 2. The van der Waals surface area contributed by atoms with Crippen LogP contribution in [0.2, 0.25) is 0 Å². The van der Waals surface area contributed by atoms with Crippen molar-refractivity contribution in [1.82, 2.24) is 19.6 Å². The number of H-pyrrole nitrogens is 1. The minimum atomic E-state index is -0.592. The van der Waals surface area contributed by atoms with Crippen LogP contribution in [0.3, 0.4) is 0 Å². The highest BCUT2D eigenvalue weighted by Crippen LogP contribution is 2.24. The number of likely N-dealkylation sites (tertiary alicyclic amines) is 1. The van der Waals surface area contributed by atoms with Crippen LogP contribution in [-0.2, 0) is 22.5 Å². The van der Waals surface area contributed by atoms with Gasteiger partial charge in [-0.05, 0) is 13.8 Å². The summed E-state index contributed by atoms with van der Waals surface area (Å²) in [4.78, 5) is 39.8. The average Bonchev–Trinajstić information content (AvgIpc) is 3.19. The molecule has 9 heteroatoms. The van der Waals surface area contributed by atoms with Crippen LogP contribution in [0.4, 0.5) is 0 Å². The van der Waals surface area contributed by atoms with Gasteiger partial charge in [-0.2, -0.15) is 0 Å². The highest BCUT2D eigenvalue weighted by Gasteiger charge is 2.36. The molecule has 2 aromatic heterocycles. The maximum Gasteiger partial charge on any atom is 0.328 e. The molecule has 0 aromatic carbocycles. The average molecular weight is 362 g/mol. The molecule has 1 fully saturated rings. The Hall–Kier alpha value is -2.68. The van der Waals surface area contributed by atoms with E-state index in [-0.39, 0.29) is 24.5 Å². The number of carbonyl (C=O) groups excluding carboxylic acids is 1. The number of rotatable bonds is 5. The van der Waals surface area contributed by atoms with Gasteiger partial charge in [0, 0.05) is 50.4 Å². The molecule has 1 aliphatic heterocycles. The van der Waals surface area contributed by atoms with E-state index in [1.54, 1.807) is 18.9 Å². The van der Waals surface area contributed by atoms with E-state index in [2.05, 4.69) is 10.1 Å². The van der Waals surface area contributed by atoms with E-state index < -0.39 is 11.2 Å². The van der Waals surface area contributed by atoms with E-state index in [1.165, 1.54) is 10.8 Å². The smallest absolute Gasteiger partial charge is 0.328 e. The zero-order chi connectivity index (χ0) is 18.8. The van der Waals surface area contributed by atoms with Crippen molar-refractivity contribution in [2.24, 2.45) is 5.92 Å². The van der Waals surface area contributed by atoms with Crippen LogP contribution in [0.1, 0.15) is 17.0 Å². The summed E-state index contributed by atoms with van der Waals surface area (Å²) in [6.07, 6.45) is 1.91. The number of ether oxygens (including phenoxy) is 1. The third-order valence-corrected chi connectivity index (χ3v) is 4.67. The number of carbonyl (C=O) groups is 1. The zero-order valence-electron chi connectivity index (χ0n) is 15.0. The van der Waals surface area contributed by atoms with Crippen LogP contribution >= 0.6 is 0 Å². The molecular formula is C17H22N4O5. The normalized spacial score (nSPS) is 19.9. The maximum absolute atomic E-state index is 12.6. The fraction of sp³-hybridized carbons (Fsp3) is 0.529. The topological polar surface area (TPSA) is 110 Å². The summed E-state index contributed by atoms with van der Waals surface area (Å²) < 4.78 is 12.0. The van der Waals surface area contributed by atoms with Gasteiger partial charge in [0.1, 0.15) is 12.3 Å². The fourth-order valence-electron chi connectivity index (χ4n) is 3.26. The molecule has 2 aromatic rings. The van der Waals surface area contributed by atoms with Crippen molar-refractivity contribution in [3.63, 3.8) is 0 Å². The second-order valence-electron chi connectivity index (χ2n) is 6.67. The van der Waals surface area contributed by atoms with Gasteiger partial charge >= 0.3 is 5.69 Å². The fourth-order valence-corrected chi connectivity index (χ4v) is 3.26. The van der Waals surface area contributed by atoms with E-state index in [9.17, 15) is 14.4 Å². The Labute approximate surface area is 149 Å². The number of nitrogens with zero attached hydrogens (tertiary/aromatic N) is 3. The molecule has 0 bridgehead atoms. The van der Waals surface area contributed by atoms with Gasteiger partial charge in [0.25, 0.3) is 5.56 Å². The monoisotopic (exact) mass is 362 g/mol. The summed E-state index contributed by atoms with van der Waals surface area (Å²) in [5.41, 5.74) is 0.159. The Kier molecular flexibility index (Phi) is 5.08. The van der Waals surface area contributed by atoms with Crippen molar-refractivity contribution in [2.45, 2.75) is 32.9 Å². The molecule has 0 unspecified atom stereocenters. The maximum atomic E-state index is 12.6. The molecule has 1 aliphatic rings.